The van der Waals surface area contributed by atoms with Crippen LogP contribution in [0.4, 0.5) is 5.69 Å². The summed E-state index contributed by atoms with van der Waals surface area (Å²) in [4.78, 5) is 3.82. The van der Waals surface area contributed by atoms with Gasteiger partial charge in [0.05, 0.1) is 6.04 Å². The lowest BCUT2D eigenvalue weighted by atomic mass is 9.97. The normalized spacial score (nSPS) is 16.1. The van der Waals surface area contributed by atoms with Gasteiger partial charge in [-0.05, 0) is 53.4 Å². The zero-order valence-electron chi connectivity index (χ0n) is 11.6. The van der Waals surface area contributed by atoms with E-state index in [9.17, 15) is 0 Å². The lowest BCUT2D eigenvalue weighted by Gasteiger charge is -2.37. The molecule has 0 spiro atoms. The van der Waals surface area contributed by atoms with Crippen LogP contribution >= 0.6 is 27.3 Å². The van der Waals surface area contributed by atoms with Crippen molar-refractivity contribution in [1.82, 2.24) is 0 Å². The van der Waals surface area contributed by atoms with E-state index in [2.05, 4.69) is 57.4 Å². The number of nitrogens with zero attached hydrogens (tertiary/aromatic N) is 1. The van der Waals surface area contributed by atoms with Gasteiger partial charge in [-0.25, -0.2) is 0 Å². The highest BCUT2D eigenvalue weighted by Gasteiger charge is 2.25. The first kappa shape index (κ1) is 14.1. The Hall–Kier alpha value is -0.840. The number of rotatable bonds is 3. The third-order valence-electron chi connectivity index (χ3n) is 3.91. The third-order valence-corrected chi connectivity index (χ3v) is 5.70. The molecule has 0 fully saturated rings. The largest absolute Gasteiger partial charge is 0.362 e. The van der Waals surface area contributed by atoms with E-state index >= 15 is 0 Å². The highest BCUT2D eigenvalue weighted by molar-refractivity contribution is 9.10. The molecule has 20 heavy (non-hydrogen) atoms. The van der Waals surface area contributed by atoms with Gasteiger partial charge in [-0.3, -0.25) is 0 Å². The molecule has 106 valence electrons. The number of fused-ring (bicyclic) bond motifs is 1. The summed E-state index contributed by atoms with van der Waals surface area (Å²) in [5.74, 6) is 0. The Labute approximate surface area is 132 Å². The van der Waals surface area contributed by atoms with Gasteiger partial charge in [0.2, 0.25) is 0 Å². The monoisotopic (exact) mass is 350 g/mol. The first-order valence-corrected chi connectivity index (χ1v) is 8.66. The molecule has 2 nitrogen and oxygen atoms in total. The van der Waals surface area contributed by atoms with Gasteiger partial charge in [0.15, 0.2) is 0 Å². The van der Waals surface area contributed by atoms with Gasteiger partial charge in [-0.15, -0.1) is 11.3 Å². The fourth-order valence-electron chi connectivity index (χ4n) is 2.98. The van der Waals surface area contributed by atoms with Gasteiger partial charge < -0.3 is 10.6 Å². The van der Waals surface area contributed by atoms with Crippen molar-refractivity contribution in [3.05, 3.63) is 50.1 Å². The van der Waals surface area contributed by atoms with E-state index in [0.717, 1.165) is 11.0 Å². The molecule has 0 saturated heterocycles. The zero-order valence-corrected chi connectivity index (χ0v) is 14.0. The Bertz CT molecular complexity index is 608. The van der Waals surface area contributed by atoms with Crippen molar-refractivity contribution in [2.24, 2.45) is 5.73 Å². The van der Waals surface area contributed by atoms with Crippen molar-refractivity contribution >= 4 is 33.0 Å². The highest BCUT2D eigenvalue weighted by Crippen LogP contribution is 2.36. The molecule has 1 atom stereocenters. The molecule has 0 amide bonds. The average molecular weight is 351 g/mol. The number of anilines is 1. The standard InChI is InChI=1S/C16H19BrN2S/c1-11-4-5-14-12(7-11)3-2-6-19(14)15(9-18)16-8-13(17)10-20-16/h4-5,7-8,10,15H,2-3,6,9,18H2,1H3. The first-order chi connectivity index (χ1) is 9.69. The van der Waals surface area contributed by atoms with Gasteiger partial charge in [-0.2, -0.15) is 0 Å². The van der Waals surface area contributed by atoms with Crippen molar-refractivity contribution < 1.29 is 0 Å². The van der Waals surface area contributed by atoms with E-state index in [-0.39, 0.29) is 6.04 Å². The van der Waals surface area contributed by atoms with Crippen LogP contribution in [-0.2, 0) is 6.42 Å². The Morgan fingerprint density at radius 3 is 2.95 bits per heavy atom. The summed E-state index contributed by atoms with van der Waals surface area (Å²) >= 11 is 5.33. The summed E-state index contributed by atoms with van der Waals surface area (Å²) in [6, 6.07) is 9.27. The van der Waals surface area contributed by atoms with E-state index in [0.29, 0.717) is 6.54 Å². The van der Waals surface area contributed by atoms with Crippen LogP contribution in [0.2, 0.25) is 0 Å². The van der Waals surface area contributed by atoms with E-state index in [1.165, 1.54) is 34.5 Å². The van der Waals surface area contributed by atoms with Crippen LogP contribution in [0.15, 0.2) is 34.1 Å². The third kappa shape index (κ3) is 2.65. The molecule has 2 N–H and O–H groups in total. The fourth-order valence-corrected chi connectivity index (χ4v) is 4.55. The van der Waals surface area contributed by atoms with Crippen molar-refractivity contribution in [3.8, 4) is 0 Å². The van der Waals surface area contributed by atoms with Gasteiger partial charge in [0.1, 0.15) is 0 Å². The summed E-state index contributed by atoms with van der Waals surface area (Å²) < 4.78 is 1.15. The number of hydrogen-bond donors (Lipinski definition) is 1. The van der Waals surface area contributed by atoms with Crippen molar-refractivity contribution in [2.45, 2.75) is 25.8 Å². The van der Waals surface area contributed by atoms with Crippen LogP contribution < -0.4 is 10.6 Å². The molecule has 0 radical (unpaired) electrons. The van der Waals surface area contributed by atoms with E-state index < -0.39 is 0 Å². The summed E-state index contributed by atoms with van der Waals surface area (Å²) in [5.41, 5.74) is 10.2. The lowest BCUT2D eigenvalue weighted by Crippen LogP contribution is -2.37. The second-order valence-corrected chi connectivity index (χ2v) is 7.21. The molecular weight excluding hydrogens is 332 g/mol. The van der Waals surface area contributed by atoms with Gasteiger partial charge >= 0.3 is 0 Å². The number of halogens is 1. The summed E-state index contributed by atoms with van der Waals surface area (Å²) in [5, 5.41) is 2.14. The topological polar surface area (TPSA) is 29.3 Å². The van der Waals surface area contributed by atoms with Crippen molar-refractivity contribution in [2.75, 3.05) is 18.0 Å². The minimum Gasteiger partial charge on any atom is -0.362 e. The number of aryl methyl sites for hydroxylation is 2. The maximum Gasteiger partial charge on any atom is 0.0757 e. The lowest BCUT2D eigenvalue weighted by molar-refractivity contribution is 0.594. The maximum absolute atomic E-state index is 6.08. The quantitative estimate of drug-likeness (QED) is 0.895. The molecule has 2 aromatic rings. The predicted molar refractivity (Wildman–Crippen MR) is 90.7 cm³/mol. The van der Waals surface area contributed by atoms with Gasteiger partial charge in [0, 0.05) is 33.5 Å². The van der Waals surface area contributed by atoms with Gasteiger partial charge in [0.25, 0.3) is 0 Å². The van der Waals surface area contributed by atoms with Crippen LogP contribution in [-0.4, -0.2) is 13.1 Å². The summed E-state index contributed by atoms with van der Waals surface area (Å²) in [6.07, 6.45) is 2.39. The van der Waals surface area contributed by atoms with E-state index in [4.69, 9.17) is 5.73 Å². The number of thiophene rings is 1. The van der Waals surface area contributed by atoms with Crippen molar-refractivity contribution in [3.63, 3.8) is 0 Å². The van der Waals surface area contributed by atoms with Crippen LogP contribution in [0.3, 0.4) is 0 Å². The molecule has 0 saturated carbocycles. The molecular formula is C16H19BrN2S. The summed E-state index contributed by atoms with van der Waals surface area (Å²) in [7, 11) is 0. The molecule has 1 unspecified atom stereocenters. The molecule has 0 aliphatic carbocycles. The molecule has 3 rings (SSSR count). The molecule has 0 bridgehead atoms. The first-order valence-electron chi connectivity index (χ1n) is 6.99. The zero-order chi connectivity index (χ0) is 14.1. The number of nitrogens with two attached hydrogens (primary N) is 1. The highest BCUT2D eigenvalue weighted by atomic mass is 79.9. The molecule has 1 aromatic carbocycles. The van der Waals surface area contributed by atoms with E-state index in [1.54, 1.807) is 11.3 Å². The molecule has 4 heteroatoms. The minimum absolute atomic E-state index is 0.285. The van der Waals surface area contributed by atoms with Gasteiger partial charge in [-0.1, -0.05) is 17.7 Å². The fraction of sp³-hybridized carbons (Fsp3) is 0.375. The second kappa shape index (κ2) is 5.88. The minimum atomic E-state index is 0.285. The summed E-state index contributed by atoms with van der Waals surface area (Å²) in [6.45, 7) is 3.91. The van der Waals surface area contributed by atoms with Crippen LogP contribution in [0, 0.1) is 6.92 Å². The maximum atomic E-state index is 6.08. The SMILES string of the molecule is Cc1ccc2c(c1)CCCN2C(CN)c1cc(Br)cs1. The Balaban J connectivity index is 1.98. The molecule has 2 heterocycles. The van der Waals surface area contributed by atoms with E-state index in [1.807, 2.05) is 0 Å². The smallest absolute Gasteiger partial charge is 0.0757 e. The Morgan fingerprint density at radius 2 is 2.25 bits per heavy atom. The predicted octanol–water partition coefficient (Wildman–Crippen LogP) is 4.27. The Kier molecular flexibility index (Phi) is 4.15. The average Bonchev–Trinajstić information content (AvgIpc) is 2.86. The molecule has 1 aromatic heterocycles. The van der Waals surface area contributed by atoms with Crippen molar-refractivity contribution in [1.29, 1.82) is 0 Å². The molecule has 1 aliphatic heterocycles. The molecule has 1 aliphatic rings. The van der Waals surface area contributed by atoms with Crippen LogP contribution in [0.25, 0.3) is 0 Å². The van der Waals surface area contributed by atoms with Crippen LogP contribution in [0.5, 0.6) is 0 Å². The number of benzene rings is 1. The number of hydrogen-bond acceptors (Lipinski definition) is 3. The van der Waals surface area contributed by atoms with Crippen LogP contribution in [0.1, 0.15) is 28.5 Å². The Morgan fingerprint density at radius 1 is 1.40 bits per heavy atom. The second-order valence-electron chi connectivity index (χ2n) is 5.35.